The number of amides is 1. The van der Waals surface area contributed by atoms with Gasteiger partial charge < -0.3 is 19.5 Å². The number of halogens is 2. The molecule has 0 spiro atoms. The van der Waals surface area contributed by atoms with Crippen LogP contribution in [0.1, 0.15) is 44.4 Å². The average molecular weight is 537 g/mol. The number of nitrogens with zero attached hydrogens (tertiary/aromatic N) is 1. The van der Waals surface area contributed by atoms with E-state index in [1.54, 1.807) is 12.1 Å². The molecular formula is C25H27BrClNO5. The van der Waals surface area contributed by atoms with E-state index >= 15 is 0 Å². The van der Waals surface area contributed by atoms with Gasteiger partial charge in [0.15, 0.2) is 0 Å². The maximum Gasteiger partial charge on any atom is 0.295 e. The summed E-state index contributed by atoms with van der Waals surface area (Å²) in [7, 11) is 0. The fraction of sp³-hybridized carbons (Fsp3) is 0.360. The number of Topliss-reactive ketones (excluding diaryl/α,β-unsaturated/α-hetero) is 1. The van der Waals surface area contributed by atoms with Gasteiger partial charge in [-0.15, -0.1) is 0 Å². The van der Waals surface area contributed by atoms with Crippen molar-refractivity contribution in [3.63, 3.8) is 0 Å². The quantitative estimate of drug-likeness (QED) is 0.191. The van der Waals surface area contributed by atoms with Crippen LogP contribution in [0.15, 0.2) is 52.5 Å². The second-order valence-corrected chi connectivity index (χ2v) is 9.22. The van der Waals surface area contributed by atoms with Gasteiger partial charge in [0.25, 0.3) is 11.7 Å². The van der Waals surface area contributed by atoms with Crippen molar-refractivity contribution in [2.24, 2.45) is 0 Å². The van der Waals surface area contributed by atoms with Crippen molar-refractivity contribution in [1.82, 2.24) is 4.90 Å². The Labute approximate surface area is 207 Å². The van der Waals surface area contributed by atoms with Crippen LogP contribution in [0.25, 0.3) is 5.76 Å². The number of ether oxygens (including phenoxy) is 2. The molecule has 0 aromatic heterocycles. The van der Waals surface area contributed by atoms with E-state index < -0.39 is 17.7 Å². The predicted octanol–water partition coefficient (Wildman–Crippen LogP) is 5.74. The zero-order valence-corrected chi connectivity index (χ0v) is 21.1. The number of carbonyl (C=O) groups excluding carboxylic acids is 2. The Morgan fingerprint density at radius 1 is 1.18 bits per heavy atom. The first-order valence-electron chi connectivity index (χ1n) is 10.8. The number of benzene rings is 2. The van der Waals surface area contributed by atoms with Gasteiger partial charge in [0, 0.05) is 23.2 Å². The van der Waals surface area contributed by atoms with E-state index in [0.717, 1.165) is 10.0 Å². The topological polar surface area (TPSA) is 76.1 Å². The normalized spacial score (nSPS) is 17.8. The van der Waals surface area contributed by atoms with Crippen LogP contribution in [0, 0.1) is 0 Å². The molecule has 176 valence electrons. The van der Waals surface area contributed by atoms with E-state index in [0.29, 0.717) is 42.5 Å². The molecule has 1 atom stereocenters. The summed E-state index contributed by atoms with van der Waals surface area (Å²) in [5, 5.41) is 11.5. The molecule has 3 rings (SSSR count). The smallest absolute Gasteiger partial charge is 0.295 e. The number of aliphatic hydroxyl groups excluding tert-OH is 1. The number of aliphatic hydroxyl groups is 1. The molecular weight excluding hydrogens is 510 g/mol. The highest BCUT2D eigenvalue weighted by atomic mass is 79.9. The molecule has 1 N–H and O–H groups in total. The van der Waals surface area contributed by atoms with Gasteiger partial charge in [0.05, 0.1) is 29.3 Å². The monoisotopic (exact) mass is 535 g/mol. The summed E-state index contributed by atoms with van der Waals surface area (Å²) >= 11 is 9.71. The van der Waals surface area contributed by atoms with Crippen LogP contribution in [0.5, 0.6) is 5.75 Å². The number of hydrogen-bond donors (Lipinski definition) is 1. The second-order valence-electron chi connectivity index (χ2n) is 7.90. The number of ketones is 1. The van der Waals surface area contributed by atoms with E-state index in [2.05, 4.69) is 15.9 Å². The minimum absolute atomic E-state index is 0.0346. The lowest BCUT2D eigenvalue weighted by Gasteiger charge is -2.25. The molecule has 0 radical (unpaired) electrons. The minimum Gasteiger partial charge on any atom is -0.507 e. The van der Waals surface area contributed by atoms with Crippen LogP contribution >= 0.6 is 27.5 Å². The Morgan fingerprint density at radius 2 is 1.88 bits per heavy atom. The summed E-state index contributed by atoms with van der Waals surface area (Å²) in [5.74, 6) is -1.17. The minimum atomic E-state index is -0.727. The van der Waals surface area contributed by atoms with Gasteiger partial charge in [-0.05, 0) is 63.1 Å². The lowest BCUT2D eigenvalue weighted by molar-refractivity contribution is -0.140. The Balaban J connectivity index is 2.03. The lowest BCUT2D eigenvalue weighted by Crippen LogP contribution is -2.31. The average Bonchev–Trinajstić information content (AvgIpc) is 3.03. The summed E-state index contributed by atoms with van der Waals surface area (Å²) in [6.45, 7) is 6.95. The Kier molecular flexibility index (Phi) is 8.57. The zero-order chi connectivity index (χ0) is 24.1. The van der Waals surface area contributed by atoms with Crippen molar-refractivity contribution in [2.45, 2.75) is 39.3 Å². The molecule has 0 bridgehead atoms. The van der Waals surface area contributed by atoms with Crippen molar-refractivity contribution in [3.8, 4) is 5.75 Å². The molecule has 1 aliphatic rings. The fourth-order valence-corrected chi connectivity index (χ4v) is 4.23. The van der Waals surface area contributed by atoms with Crippen molar-refractivity contribution in [2.75, 3.05) is 19.8 Å². The third-order valence-corrected chi connectivity index (χ3v) is 6.05. The standard InChI is InChI=1S/C25H27BrClNO5/c1-4-32-20-11-8-17(14-19(20)27)23(29)21-22(16-6-9-18(26)10-7-16)28(25(31)24(21)30)12-5-13-33-15(2)3/h6-11,14-15,22,29H,4-5,12-13H2,1-3H3/b23-21+. The molecule has 8 heteroatoms. The van der Waals surface area contributed by atoms with Gasteiger partial charge in [0.2, 0.25) is 0 Å². The van der Waals surface area contributed by atoms with Crippen LogP contribution in [-0.4, -0.2) is 47.6 Å². The van der Waals surface area contributed by atoms with Crippen molar-refractivity contribution >= 4 is 45.0 Å². The summed E-state index contributed by atoms with van der Waals surface area (Å²) in [6, 6.07) is 11.4. The molecule has 0 saturated carbocycles. The third-order valence-electron chi connectivity index (χ3n) is 5.23. The molecule has 33 heavy (non-hydrogen) atoms. The third kappa shape index (κ3) is 5.78. The van der Waals surface area contributed by atoms with Gasteiger partial charge in [-0.3, -0.25) is 9.59 Å². The molecule has 1 aliphatic heterocycles. The first-order chi connectivity index (χ1) is 15.7. The molecule has 2 aromatic carbocycles. The summed E-state index contributed by atoms with van der Waals surface area (Å²) in [5.41, 5.74) is 1.10. The molecule has 2 aromatic rings. The fourth-order valence-electron chi connectivity index (χ4n) is 3.73. The van der Waals surface area contributed by atoms with Crippen molar-refractivity contribution in [3.05, 3.63) is 68.7 Å². The maximum atomic E-state index is 13.1. The van der Waals surface area contributed by atoms with E-state index in [9.17, 15) is 14.7 Å². The molecule has 1 saturated heterocycles. The number of likely N-dealkylation sites (tertiary alicyclic amines) is 1. The number of rotatable bonds is 9. The van der Waals surface area contributed by atoms with E-state index in [1.165, 1.54) is 11.0 Å². The van der Waals surface area contributed by atoms with E-state index in [1.807, 2.05) is 45.0 Å². The van der Waals surface area contributed by atoms with Crippen LogP contribution in [0.2, 0.25) is 5.02 Å². The molecule has 1 fully saturated rings. The highest BCUT2D eigenvalue weighted by Gasteiger charge is 2.45. The predicted molar refractivity (Wildman–Crippen MR) is 131 cm³/mol. The van der Waals surface area contributed by atoms with Gasteiger partial charge in [-0.2, -0.15) is 0 Å². The van der Waals surface area contributed by atoms with Gasteiger partial charge in [0.1, 0.15) is 11.5 Å². The highest BCUT2D eigenvalue weighted by molar-refractivity contribution is 9.10. The first kappa shape index (κ1) is 25.3. The largest absolute Gasteiger partial charge is 0.507 e. The van der Waals surface area contributed by atoms with Crippen LogP contribution in [0.3, 0.4) is 0 Å². The molecule has 1 amide bonds. The maximum absolute atomic E-state index is 13.1. The van der Waals surface area contributed by atoms with Gasteiger partial charge in [-0.25, -0.2) is 0 Å². The highest BCUT2D eigenvalue weighted by Crippen LogP contribution is 2.40. The Bertz CT molecular complexity index is 1050. The van der Waals surface area contributed by atoms with Crippen molar-refractivity contribution in [1.29, 1.82) is 0 Å². The molecule has 0 aliphatic carbocycles. The molecule has 6 nitrogen and oxygen atoms in total. The Hall–Kier alpha value is -2.35. The summed E-state index contributed by atoms with van der Waals surface area (Å²) < 4.78 is 11.9. The van der Waals surface area contributed by atoms with Gasteiger partial charge in [-0.1, -0.05) is 39.7 Å². The van der Waals surface area contributed by atoms with Crippen LogP contribution < -0.4 is 4.74 Å². The zero-order valence-electron chi connectivity index (χ0n) is 18.8. The molecule has 1 heterocycles. The number of carbonyl (C=O) groups is 2. The van der Waals surface area contributed by atoms with E-state index in [-0.39, 0.29) is 17.4 Å². The number of hydrogen-bond acceptors (Lipinski definition) is 5. The Morgan fingerprint density at radius 3 is 2.48 bits per heavy atom. The van der Waals surface area contributed by atoms with Crippen LogP contribution in [0.4, 0.5) is 0 Å². The lowest BCUT2D eigenvalue weighted by atomic mass is 9.95. The van der Waals surface area contributed by atoms with Crippen LogP contribution in [-0.2, 0) is 14.3 Å². The van der Waals surface area contributed by atoms with Gasteiger partial charge >= 0.3 is 0 Å². The second kappa shape index (κ2) is 11.2. The van der Waals surface area contributed by atoms with E-state index in [4.69, 9.17) is 21.1 Å². The summed E-state index contributed by atoms with van der Waals surface area (Å²) in [4.78, 5) is 27.5. The summed E-state index contributed by atoms with van der Waals surface area (Å²) in [6.07, 6.45) is 0.639. The van der Waals surface area contributed by atoms with Crippen molar-refractivity contribution < 1.29 is 24.2 Å². The SMILES string of the molecule is CCOc1ccc(/C(O)=C2\C(=O)C(=O)N(CCCOC(C)C)C2c2ccc(Br)cc2)cc1Cl. The molecule has 1 unspecified atom stereocenters. The first-order valence-corrected chi connectivity index (χ1v) is 12.0.